The summed E-state index contributed by atoms with van der Waals surface area (Å²) in [6, 6.07) is 7.62. The molecule has 0 bridgehead atoms. The van der Waals surface area contributed by atoms with E-state index in [1.165, 1.54) is 12.8 Å². The second-order valence-corrected chi connectivity index (χ2v) is 3.87. The highest BCUT2D eigenvalue weighted by Gasteiger charge is 1.97. The van der Waals surface area contributed by atoms with Crippen LogP contribution in [0.15, 0.2) is 24.3 Å². The zero-order valence-electron chi connectivity index (χ0n) is 9.83. The summed E-state index contributed by atoms with van der Waals surface area (Å²) in [6.45, 7) is 3.64. The van der Waals surface area contributed by atoms with Crippen LogP contribution in [-0.4, -0.2) is 12.4 Å². The van der Waals surface area contributed by atoms with E-state index in [4.69, 9.17) is 15.9 Å². The summed E-state index contributed by atoms with van der Waals surface area (Å²) in [6.07, 6.45) is 3.57. The van der Waals surface area contributed by atoms with E-state index in [1.807, 2.05) is 24.3 Å². The molecule has 1 aromatic carbocycles. The first-order valence-corrected chi connectivity index (χ1v) is 5.75. The summed E-state index contributed by atoms with van der Waals surface area (Å²) in [5.41, 5.74) is 7.26. The van der Waals surface area contributed by atoms with Crippen molar-refractivity contribution in [2.75, 3.05) is 6.61 Å². The average molecular weight is 220 g/mol. The zero-order valence-corrected chi connectivity index (χ0v) is 9.83. The molecule has 0 fully saturated rings. The predicted molar refractivity (Wildman–Crippen MR) is 66.6 cm³/mol. The minimum Gasteiger partial charge on any atom is -0.384 e. The Balaban J connectivity index is 2.29. The van der Waals surface area contributed by atoms with Gasteiger partial charge >= 0.3 is 0 Å². The molecule has 0 heterocycles. The van der Waals surface area contributed by atoms with Gasteiger partial charge in [0.2, 0.25) is 0 Å². The van der Waals surface area contributed by atoms with Crippen molar-refractivity contribution in [1.29, 1.82) is 5.41 Å². The minimum absolute atomic E-state index is 0.107. The number of ether oxygens (including phenoxy) is 1. The first-order valence-electron chi connectivity index (χ1n) is 5.75. The molecule has 3 heteroatoms. The monoisotopic (exact) mass is 220 g/mol. The molecule has 0 saturated heterocycles. The van der Waals surface area contributed by atoms with Crippen molar-refractivity contribution in [3.63, 3.8) is 0 Å². The Morgan fingerprint density at radius 2 is 1.94 bits per heavy atom. The molecule has 16 heavy (non-hydrogen) atoms. The van der Waals surface area contributed by atoms with Crippen LogP contribution in [0.5, 0.6) is 0 Å². The van der Waals surface area contributed by atoms with E-state index in [0.29, 0.717) is 6.61 Å². The average Bonchev–Trinajstić information content (AvgIpc) is 2.29. The molecular weight excluding hydrogens is 200 g/mol. The van der Waals surface area contributed by atoms with Gasteiger partial charge in [0.05, 0.1) is 6.61 Å². The van der Waals surface area contributed by atoms with Gasteiger partial charge in [-0.05, 0) is 12.0 Å². The molecule has 1 rings (SSSR count). The zero-order chi connectivity index (χ0) is 11.8. The number of unbranched alkanes of at least 4 members (excludes halogenated alkanes) is 2. The lowest BCUT2D eigenvalue weighted by atomic mass is 10.1. The van der Waals surface area contributed by atoms with Crippen molar-refractivity contribution in [3.8, 4) is 0 Å². The van der Waals surface area contributed by atoms with E-state index >= 15 is 0 Å². The summed E-state index contributed by atoms with van der Waals surface area (Å²) in [5.74, 6) is 0.107. The number of nitrogen functional groups attached to an aromatic ring is 1. The van der Waals surface area contributed by atoms with Crippen LogP contribution in [0, 0.1) is 5.41 Å². The number of nitrogens with one attached hydrogen (secondary N) is 1. The molecule has 0 aliphatic rings. The van der Waals surface area contributed by atoms with Crippen molar-refractivity contribution >= 4 is 5.84 Å². The summed E-state index contributed by atoms with van der Waals surface area (Å²) in [7, 11) is 0. The van der Waals surface area contributed by atoms with Crippen LogP contribution in [0.1, 0.15) is 37.3 Å². The molecule has 0 radical (unpaired) electrons. The van der Waals surface area contributed by atoms with Gasteiger partial charge in [0, 0.05) is 12.2 Å². The van der Waals surface area contributed by atoms with Crippen molar-refractivity contribution < 1.29 is 4.74 Å². The molecular formula is C13H20N2O. The standard InChI is InChI=1S/C13H20N2O/c1-2-3-4-9-16-10-11-5-7-12(8-6-11)13(14)15/h5-8H,2-4,9-10H2,1H3,(H3,14,15). The molecule has 0 atom stereocenters. The van der Waals surface area contributed by atoms with Gasteiger partial charge in [-0.15, -0.1) is 0 Å². The Morgan fingerprint density at radius 1 is 1.25 bits per heavy atom. The van der Waals surface area contributed by atoms with Gasteiger partial charge in [-0.25, -0.2) is 0 Å². The quantitative estimate of drug-likeness (QED) is 0.421. The third-order valence-corrected chi connectivity index (χ3v) is 2.43. The molecule has 3 nitrogen and oxygen atoms in total. The lowest BCUT2D eigenvalue weighted by molar-refractivity contribution is 0.117. The van der Waals surface area contributed by atoms with Crippen LogP contribution in [0.25, 0.3) is 0 Å². The third kappa shape index (κ3) is 4.45. The first-order chi connectivity index (χ1) is 7.74. The molecule has 0 aliphatic heterocycles. The number of nitrogens with two attached hydrogens (primary N) is 1. The number of hydrogen-bond donors (Lipinski definition) is 2. The summed E-state index contributed by atoms with van der Waals surface area (Å²) < 4.78 is 5.54. The van der Waals surface area contributed by atoms with E-state index in [-0.39, 0.29) is 5.84 Å². The smallest absolute Gasteiger partial charge is 0.122 e. The van der Waals surface area contributed by atoms with E-state index in [9.17, 15) is 0 Å². The summed E-state index contributed by atoms with van der Waals surface area (Å²) in [4.78, 5) is 0. The van der Waals surface area contributed by atoms with Gasteiger partial charge in [0.15, 0.2) is 0 Å². The lowest BCUT2D eigenvalue weighted by Gasteiger charge is -2.05. The molecule has 1 aromatic rings. The number of rotatable bonds is 7. The van der Waals surface area contributed by atoms with Gasteiger partial charge < -0.3 is 10.5 Å². The number of amidine groups is 1. The van der Waals surface area contributed by atoms with Crippen molar-refractivity contribution in [3.05, 3.63) is 35.4 Å². The van der Waals surface area contributed by atoms with Crippen LogP contribution in [-0.2, 0) is 11.3 Å². The van der Waals surface area contributed by atoms with Crippen molar-refractivity contribution in [2.45, 2.75) is 32.8 Å². The Morgan fingerprint density at radius 3 is 2.50 bits per heavy atom. The van der Waals surface area contributed by atoms with Crippen LogP contribution in [0.4, 0.5) is 0 Å². The van der Waals surface area contributed by atoms with E-state index in [1.54, 1.807) is 0 Å². The third-order valence-electron chi connectivity index (χ3n) is 2.43. The second-order valence-electron chi connectivity index (χ2n) is 3.87. The molecule has 0 unspecified atom stereocenters. The fourth-order valence-electron chi connectivity index (χ4n) is 1.42. The van der Waals surface area contributed by atoms with E-state index < -0.39 is 0 Å². The van der Waals surface area contributed by atoms with Crippen molar-refractivity contribution in [1.82, 2.24) is 0 Å². The van der Waals surface area contributed by atoms with E-state index in [2.05, 4.69) is 6.92 Å². The van der Waals surface area contributed by atoms with Gasteiger partial charge in [-0.1, -0.05) is 44.0 Å². The van der Waals surface area contributed by atoms with Gasteiger partial charge in [-0.2, -0.15) is 0 Å². The maximum absolute atomic E-state index is 7.27. The fraction of sp³-hybridized carbons (Fsp3) is 0.462. The van der Waals surface area contributed by atoms with Crippen LogP contribution >= 0.6 is 0 Å². The maximum Gasteiger partial charge on any atom is 0.122 e. The van der Waals surface area contributed by atoms with Crippen LogP contribution < -0.4 is 5.73 Å². The largest absolute Gasteiger partial charge is 0.384 e. The first kappa shape index (κ1) is 12.7. The van der Waals surface area contributed by atoms with Gasteiger partial charge in [-0.3, -0.25) is 5.41 Å². The molecule has 88 valence electrons. The molecule has 0 spiro atoms. The van der Waals surface area contributed by atoms with Gasteiger partial charge in [0.1, 0.15) is 5.84 Å². The normalized spacial score (nSPS) is 10.3. The Labute approximate surface area is 97.1 Å². The Kier molecular flexibility index (Phi) is 5.57. The summed E-state index contributed by atoms with van der Waals surface area (Å²) in [5, 5.41) is 7.27. The molecule has 0 amide bonds. The summed E-state index contributed by atoms with van der Waals surface area (Å²) >= 11 is 0. The second kappa shape index (κ2) is 7.01. The lowest BCUT2D eigenvalue weighted by Crippen LogP contribution is -2.10. The van der Waals surface area contributed by atoms with E-state index in [0.717, 1.165) is 24.2 Å². The highest BCUT2D eigenvalue weighted by Crippen LogP contribution is 2.06. The van der Waals surface area contributed by atoms with Crippen LogP contribution in [0.2, 0.25) is 0 Å². The predicted octanol–water partition coefficient (Wildman–Crippen LogP) is 2.68. The maximum atomic E-state index is 7.27. The number of benzene rings is 1. The highest BCUT2D eigenvalue weighted by molar-refractivity contribution is 5.94. The number of hydrogen-bond acceptors (Lipinski definition) is 2. The highest BCUT2D eigenvalue weighted by atomic mass is 16.5. The topological polar surface area (TPSA) is 59.1 Å². The van der Waals surface area contributed by atoms with Crippen molar-refractivity contribution in [2.24, 2.45) is 5.73 Å². The Hall–Kier alpha value is -1.35. The molecule has 0 saturated carbocycles. The molecule has 0 aliphatic carbocycles. The van der Waals surface area contributed by atoms with Gasteiger partial charge in [0.25, 0.3) is 0 Å². The molecule has 3 N–H and O–H groups in total. The minimum atomic E-state index is 0.107. The Bertz CT molecular complexity index is 319. The SMILES string of the molecule is CCCCCOCc1ccc(C(=N)N)cc1. The molecule has 0 aromatic heterocycles. The van der Waals surface area contributed by atoms with Crippen LogP contribution in [0.3, 0.4) is 0 Å². The fourth-order valence-corrected chi connectivity index (χ4v) is 1.42.